The minimum Gasteiger partial charge on any atom is -0.491 e. The second kappa shape index (κ2) is 10.4. The van der Waals surface area contributed by atoms with Gasteiger partial charge in [-0.15, -0.1) is 0 Å². The number of anilines is 1. The third-order valence-corrected chi connectivity index (χ3v) is 5.95. The van der Waals surface area contributed by atoms with Crippen molar-refractivity contribution in [2.75, 3.05) is 17.6 Å². The molecule has 0 aliphatic carbocycles. The molecule has 0 radical (unpaired) electrons. The molecule has 1 heterocycles. The highest BCUT2D eigenvalue weighted by Gasteiger charge is 2.26. The predicted octanol–water partition coefficient (Wildman–Crippen LogP) is 5.26. The third kappa shape index (κ3) is 6.22. The molecular formula is C24H26ClN3O5S. The maximum absolute atomic E-state index is 11.2. The lowest BCUT2D eigenvalue weighted by Gasteiger charge is -2.27. The zero-order valence-electron chi connectivity index (χ0n) is 19.4. The fourth-order valence-electron chi connectivity index (χ4n) is 3.26. The number of ether oxygens (including phenoxy) is 2. The molecule has 2 aromatic carbocycles. The molecule has 0 spiro atoms. The number of benzene rings is 2. The molecule has 8 nitrogen and oxygen atoms in total. The van der Waals surface area contributed by atoms with Crippen molar-refractivity contribution in [2.45, 2.75) is 39.2 Å². The van der Waals surface area contributed by atoms with Gasteiger partial charge in [0.15, 0.2) is 5.75 Å². The molecule has 0 atom stereocenters. The Balaban J connectivity index is 1.73. The second-order valence-electron chi connectivity index (χ2n) is 8.25. The van der Waals surface area contributed by atoms with Crippen LogP contribution in [0.1, 0.15) is 49.6 Å². The lowest BCUT2D eigenvalue weighted by Crippen LogP contribution is -2.19. The van der Waals surface area contributed by atoms with Crippen LogP contribution in [0.5, 0.6) is 11.5 Å². The number of hydrogen-bond acceptors (Lipinski definition) is 7. The topological polar surface area (TPSA) is 114 Å². The van der Waals surface area contributed by atoms with Crippen molar-refractivity contribution in [3.63, 3.8) is 0 Å². The van der Waals surface area contributed by atoms with Gasteiger partial charge in [0.1, 0.15) is 30.4 Å². The molecule has 10 heteroatoms. The molecule has 0 unspecified atom stereocenters. The summed E-state index contributed by atoms with van der Waals surface area (Å²) in [6.07, 6.45) is 3.16. The fourth-order valence-corrected chi connectivity index (χ4v) is 3.94. The van der Waals surface area contributed by atoms with Crippen molar-refractivity contribution in [1.82, 2.24) is 4.98 Å². The van der Waals surface area contributed by atoms with Crippen LogP contribution in [-0.2, 0) is 22.0 Å². The first-order valence-electron chi connectivity index (χ1n) is 10.6. The van der Waals surface area contributed by atoms with Crippen molar-refractivity contribution < 1.29 is 22.3 Å². The number of halogens is 1. The summed E-state index contributed by atoms with van der Waals surface area (Å²) in [7, 11) is -3.47. The molecule has 0 bridgehead atoms. The first kappa shape index (κ1) is 25.4. The highest BCUT2D eigenvalue weighted by atomic mass is 35.5. The second-order valence-corrected chi connectivity index (χ2v) is 10.4. The molecular weight excluding hydrogens is 478 g/mol. The summed E-state index contributed by atoms with van der Waals surface area (Å²) in [5, 5.41) is 10.0. The zero-order valence-corrected chi connectivity index (χ0v) is 21.0. The molecule has 34 heavy (non-hydrogen) atoms. The van der Waals surface area contributed by atoms with E-state index in [4.69, 9.17) is 25.5 Å². The Morgan fingerprint density at radius 3 is 2.50 bits per heavy atom. The molecule has 0 fully saturated rings. The van der Waals surface area contributed by atoms with Crippen LogP contribution in [0.15, 0.2) is 47.1 Å². The van der Waals surface area contributed by atoms with Crippen molar-refractivity contribution in [3.8, 4) is 17.6 Å². The molecule has 0 saturated heterocycles. The number of nitriles is 1. The summed E-state index contributed by atoms with van der Waals surface area (Å²) in [6, 6.07) is 13.3. The number of nitrogens with one attached hydrogen (secondary N) is 1. The van der Waals surface area contributed by atoms with Gasteiger partial charge in [-0.2, -0.15) is 10.2 Å². The van der Waals surface area contributed by atoms with Crippen molar-refractivity contribution in [2.24, 2.45) is 0 Å². The Kier molecular flexibility index (Phi) is 7.75. The summed E-state index contributed by atoms with van der Waals surface area (Å²) in [5.74, 6) is 1.02. The Hall–Kier alpha value is -3.22. The van der Waals surface area contributed by atoms with Crippen molar-refractivity contribution in [3.05, 3.63) is 70.1 Å². The van der Waals surface area contributed by atoms with E-state index in [0.29, 0.717) is 34.4 Å². The van der Waals surface area contributed by atoms with Crippen LogP contribution >= 0.6 is 11.6 Å². The monoisotopic (exact) mass is 503 g/mol. The normalized spacial score (nSPS) is 11.6. The van der Waals surface area contributed by atoms with Crippen LogP contribution in [0.3, 0.4) is 0 Å². The SMILES string of the molecule is CCCOc1c(Cl)cc(C(C)(C)c2ccc(OCc3coc(NS(C)(=O)=O)n3)cc2)cc1C#N. The molecule has 1 N–H and O–H groups in total. The van der Waals surface area contributed by atoms with E-state index >= 15 is 0 Å². The Bertz CT molecular complexity index is 1300. The van der Waals surface area contributed by atoms with Gasteiger partial charge >= 0.3 is 6.01 Å². The summed E-state index contributed by atoms with van der Waals surface area (Å²) in [5.41, 5.74) is 2.30. The Morgan fingerprint density at radius 2 is 1.88 bits per heavy atom. The van der Waals surface area contributed by atoms with Crippen molar-refractivity contribution >= 4 is 27.6 Å². The maximum atomic E-state index is 11.2. The molecule has 0 amide bonds. The number of aromatic nitrogens is 1. The number of rotatable bonds is 10. The molecule has 3 aromatic rings. The van der Waals surface area contributed by atoms with E-state index in [2.05, 4.69) is 15.8 Å². The molecule has 1 aromatic heterocycles. The van der Waals surface area contributed by atoms with Crippen LogP contribution in [0.2, 0.25) is 5.02 Å². The summed E-state index contributed by atoms with van der Waals surface area (Å²) < 4.78 is 41.1. The van der Waals surface area contributed by atoms with Gasteiger partial charge in [0, 0.05) is 5.41 Å². The summed E-state index contributed by atoms with van der Waals surface area (Å²) >= 11 is 6.46. The lowest BCUT2D eigenvalue weighted by atomic mass is 9.77. The van der Waals surface area contributed by atoms with Gasteiger partial charge in [0.05, 0.1) is 23.4 Å². The molecule has 180 valence electrons. The van der Waals surface area contributed by atoms with Crippen LogP contribution in [0, 0.1) is 11.3 Å². The fraction of sp³-hybridized carbons (Fsp3) is 0.333. The standard InChI is InChI=1S/C24H26ClN3O5S/c1-5-10-31-22-16(13-26)11-18(12-21(22)25)24(2,3)17-6-8-20(9-7-17)32-14-19-15-33-23(27-19)28-34(4,29)30/h6-9,11-12,15H,5,10,14H2,1-4H3,(H,27,28). The lowest BCUT2D eigenvalue weighted by molar-refractivity contribution is 0.301. The molecule has 3 rings (SSSR count). The van der Waals surface area contributed by atoms with Gasteiger partial charge < -0.3 is 13.9 Å². The summed E-state index contributed by atoms with van der Waals surface area (Å²) in [4.78, 5) is 4.03. The number of hydrogen-bond donors (Lipinski definition) is 1. The highest BCUT2D eigenvalue weighted by molar-refractivity contribution is 7.91. The highest BCUT2D eigenvalue weighted by Crippen LogP contribution is 2.38. The van der Waals surface area contributed by atoms with E-state index < -0.39 is 15.4 Å². The van der Waals surface area contributed by atoms with E-state index in [1.54, 1.807) is 0 Å². The minimum absolute atomic E-state index is 0.109. The van der Waals surface area contributed by atoms with Gasteiger partial charge in [-0.05, 0) is 41.8 Å². The summed E-state index contributed by atoms with van der Waals surface area (Å²) in [6.45, 7) is 6.69. The smallest absolute Gasteiger partial charge is 0.308 e. The number of nitrogens with zero attached hydrogens (tertiary/aromatic N) is 2. The van der Waals surface area contributed by atoms with Crippen LogP contribution < -0.4 is 14.2 Å². The van der Waals surface area contributed by atoms with E-state index in [0.717, 1.165) is 23.8 Å². The van der Waals surface area contributed by atoms with Gasteiger partial charge in [0.25, 0.3) is 0 Å². The van der Waals surface area contributed by atoms with E-state index in [1.165, 1.54) is 6.26 Å². The molecule has 0 aliphatic rings. The van der Waals surface area contributed by atoms with Gasteiger partial charge in [0.2, 0.25) is 10.0 Å². The van der Waals surface area contributed by atoms with Crippen LogP contribution in [-0.4, -0.2) is 26.3 Å². The van der Waals surface area contributed by atoms with E-state index in [1.807, 2.05) is 57.2 Å². The minimum atomic E-state index is -3.47. The van der Waals surface area contributed by atoms with Gasteiger partial charge in [-0.25, -0.2) is 13.1 Å². The van der Waals surface area contributed by atoms with Gasteiger partial charge in [-0.1, -0.05) is 44.5 Å². The largest absolute Gasteiger partial charge is 0.491 e. The van der Waals surface area contributed by atoms with E-state index in [9.17, 15) is 13.7 Å². The first-order chi connectivity index (χ1) is 16.0. The molecule has 0 saturated carbocycles. The average Bonchev–Trinajstić information content (AvgIpc) is 3.22. The first-order valence-corrected chi connectivity index (χ1v) is 12.8. The zero-order chi connectivity index (χ0) is 24.9. The Labute approximate surface area is 204 Å². The quantitative estimate of drug-likeness (QED) is 0.401. The van der Waals surface area contributed by atoms with Crippen LogP contribution in [0.25, 0.3) is 0 Å². The van der Waals surface area contributed by atoms with Crippen molar-refractivity contribution in [1.29, 1.82) is 5.26 Å². The molecule has 0 aliphatic heterocycles. The van der Waals surface area contributed by atoms with Gasteiger partial charge in [-0.3, -0.25) is 0 Å². The van der Waals surface area contributed by atoms with E-state index in [-0.39, 0.29) is 12.6 Å². The number of oxazole rings is 1. The van der Waals surface area contributed by atoms with Crippen LogP contribution in [0.4, 0.5) is 6.01 Å². The predicted molar refractivity (Wildman–Crippen MR) is 130 cm³/mol. The Morgan fingerprint density at radius 1 is 1.18 bits per heavy atom. The maximum Gasteiger partial charge on any atom is 0.308 e. The third-order valence-electron chi connectivity index (χ3n) is 5.12. The number of sulfonamides is 1. The average molecular weight is 504 g/mol.